The molecule has 70 valence electrons. The van der Waals surface area contributed by atoms with Crippen LogP contribution in [-0.4, -0.2) is 15.3 Å². The van der Waals surface area contributed by atoms with Crippen LogP contribution in [-0.2, 0) is 11.3 Å². The third-order valence-electron chi connectivity index (χ3n) is 2.67. The highest BCUT2D eigenvalue weighted by molar-refractivity contribution is 5.81. The number of ketones is 1. The predicted molar refractivity (Wildman–Crippen MR) is 49.2 cm³/mol. The number of aromatic nitrogens is 2. The monoisotopic (exact) mass is 178 g/mol. The molecule has 0 N–H and O–H groups in total. The Hall–Kier alpha value is -1.12. The first kappa shape index (κ1) is 8.48. The number of Topliss-reactive ketones (excluding diaryl/α,β-unsaturated/α-hetero) is 1. The molecule has 1 aromatic rings. The van der Waals surface area contributed by atoms with E-state index in [1.54, 1.807) is 12.5 Å². The van der Waals surface area contributed by atoms with E-state index in [0.717, 1.165) is 25.8 Å². The zero-order chi connectivity index (χ0) is 9.10. The molecule has 1 aliphatic rings. The van der Waals surface area contributed by atoms with Gasteiger partial charge in [-0.15, -0.1) is 0 Å². The van der Waals surface area contributed by atoms with Gasteiger partial charge in [-0.25, -0.2) is 4.98 Å². The number of nitrogens with zero attached hydrogens (tertiary/aromatic N) is 2. The first-order chi connectivity index (χ1) is 6.36. The Morgan fingerprint density at radius 2 is 2.46 bits per heavy atom. The lowest BCUT2D eigenvalue weighted by Crippen LogP contribution is -2.23. The van der Waals surface area contributed by atoms with Crippen molar-refractivity contribution < 1.29 is 4.79 Å². The average Bonchev–Trinajstić information content (AvgIpc) is 2.61. The van der Waals surface area contributed by atoms with Gasteiger partial charge in [-0.1, -0.05) is 6.42 Å². The summed E-state index contributed by atoms with van der Waals surface area (Å²) in [4.78, 5) is 15.5. The molecule has 13 heavy (non-hydrogen) atoms. The van der Waals surface area contributed by atoms with Crippen LogP contribution in [0.4, 0.5) is 0 Å². The molecule has 0 spiro atoms. The van der Waals surface area contributed by atoms with E-state index in [9.17, 15) is 4.79 Å². The van der Waals surface area contributed by atoms with Gasteiger partial charge in [0.2, 0.25) is 0 Å². The Bertz CT molecular complexity index is 279. The summed E-state index contributed by atoms with van der Waals surface area (Å²) in [6.07, 6.45) is 9.57. The Balaban J connectivity index is 1.97. The van der Waals surface area contributed by atoms with Crippen molar-refractivity contribution in [3.63, 3.8) is 0 Å². The molecule has 0 aliphatic heterocycles. The fourth-order valence-corrected chi connectivity index (χ4v) is 1.90. The molecule has 3 heteroatoms. The van der Waals surface area contributed by atoms with Crippen LogP contribution >= 0.6 is 0 Å². The zero-order valence-electron chi connectivity index (χ0n) is 7.65. The highest BCUT2D eigenvalue weighted by atomic mass is 16.1. The lowest BCUT2D eigenvalue weighted by atomic mass is 9.88. The molecule has 0 aromatic carbocycles. The average molecular weight is 178 g/mol. The van der Waals surface area contributed by atoms with Gasteiger partial charge in [0, 0.05) is 31.3 Å². The molecule has 1 aromatic heterocycles. The van der Waals surface area contributed by atoms with Crippen molar-refractivity contribution in [3.05, 3.63) is 18.7 Å². The summed E-state index contributed by atoms with van der Waals surface area (Å²) in [5, 5.41) is 0. The van der Waals surface area contributed by atoms with E-state index >= 15 is 0 Å². The maximum atomic E-state index is 11.5. The second-order valence-electron chi connectivity index (χ2n) is 3.67. The molecule has 1 heterocycles. The number of hydrogen-bond acceptors (Lipinski definition) is 2. The molecule has 1 atom stereocenters. The molecule has 0 bridgehead atoms. The van der Waals surface area contributed by atoms with Crippen molar-refractivity contribution in [2.45, 2.75) is 32.2 Å². The SMILES string of the molecule is O=C1CCCCC1Cn1ccnc1. The summed E-state index contributed by atoms with van der Waals surface area (Å²) < 4.78 is 1.99. The molecular weight excluding hydrogens is 164 g/mol. The quantitative estimate of drug-likeness (QED) is 0.690. The van der Waals surface area contributed by atoms with Crippen LogP contribution in [0.3, 0.4) is 0 Å². The first-order valence-corrected chi connectivity index (χ1v) is 4.85. The fourth-order valence-electron chi connectivity index (χ4n) is 1.90. The zero-order valence-corrected chi connectivity index (χ0v) is 7.65. The Morgan fingerprint density at radius 1 is 1.54 bits per heavy atom. The van der Waals surface area contributed by atoms with E-state index in [0.29, 0.717) is 5.78 Å². The molecule has 1 unspecified atom stereocenters. The van der Waals surface area contributed by atoms with Crippen molar-refractivity contribution in [1.82, 2.24) is 9.55 Å². The van der Waals surface area contributed by atoms with Gasteiger partial charge in [0.05, 0.1) is 6.33 Å². The molecule has 2 rings (SSSR count). The fraction of sp³-hybridized carbons (Fsp3) is 0.600. The minimum atomic E-state index is 0.239. The number of imidazole rings is 1. The van der Waals surface area contributed by atoms with Gasteiger partial charge in [0.1, 0.15) is 5.78 Å². The van der Waals surface area contributed by atoms with Crippen LogP contribution in [0.25, 0.3) is 0 Å². The van der Waals surface area contributed by atoms with Crippen molar-refractivity contribution in [2.24, 2.45) is 5.92 Å². The summed E-state index contributed by atoms with van der Waals surface area (Å²) in [6.45, 7) is 0.818. The molecule has 3 nitrogen and oxygen atoms in total. The number of hydrogen-bond donors (Lipinski definition) is 0. The van der Waals surface area contributed by atoms with E-state index in [2.05, 4.69) is 4.98 Å². The van der Waals surface area contributed by atoms with Gasteiger partial charge in [0.25, 0.3) is 0 Å². The standard InChI is InChI=1S/C10H14N2O/c13-10-4-2-1-3-9(10)7-12-6-5-11-8-12/h5-6,8-9H,1-4,7H2. The number of carbonyl (C=O) groups excluding carboxylic acids is 1. The van der Waals surface area contributed by atoms with E-state index in [-0.39, 0.29) is 5.92 Å². The van der Waals surface area contributed by atoms with Gasteiger partial charge in [-0.2, -0.15) is 0 Å². The second kappa shape index (κ2) is 3.73. The summed E-state index contributed by atoms with van der Waals surface area (Å²) in [5.41, 5.74) is 0. The molecule has 1 saturated carbocycles. The maximum Gasteiger partial charge on any atom is 0.137 e. The van der Waals surface area contributed by atoms with Crippen LogP contribution in [0.2, 0.25) is 0 Å². The van der Waals surface area contributed by atoms with E-state index in [4.69, 9.17) is 0 Å². The van der Waals surface area contributed by atoms with E-state index < -0.39 is 0 Å². The van der Waals surface area contributed by atoms with Crippen LogP contribution in [0.5, 0.6) is 0 Å². The van der Waals surface area contributed by atoms with Crippen molar-refractivity contribution in [1.29, 1.82) is 0 Å². The van der Waals surface area contributed by atoms with Crippen molar-refractivity contribution >= 4 is 5.78 Å². The molecule has 0 saturated heterocycles. The highest BCUT2D eigenvalue weighted by Gasteiger charge is 2.21. The topological polar surface area (TPSA) is 34.9 Å². The maximum absolute atomic E-state index is 11.5. The van der Waals surface area contributed by atoms with Crippen molar-refractivity contribution in [2.75, 3.05) is 0 Å². The molecule has 0 radical (unpaired) electrons. The van der Waals surface area contributed by atoms with Crippen LogP contribution < -0.4 is 0 Å². The summed E-state index contributed by atoms with van der Waals surface area (Å²) in [6, 6.07) is 0. The lowest BCUT2D eigenvalue weighted by Gasteiger charge is -2.20. The predicted octanol–water partition coefficient (Wildman–Crippen LogP) is 1.64. The Labute approximate surface area is 77.8 Å². The van der Waals surface area contributed by atoms with Gasteiger partial charge < -0.3 is 4.57 Å². The Kier molecular flexibility index (Phi) is 2.43. The number of rotatable bonds is 2. The third-order valence-corrected chi connectivity index (χ3v) is 2.67. The third kappa shape index (κ3) is 1.97. The summed E-state index contributed by atoms with van der Waals surface area (Å²) in [5.74, 6) is 0.669. The van der Waals surface area contributed by atoms with Crippen molar-refractivity contribution in [3.8, 4) is 0 Å². The largest absolute Gasteiger partial charge is 0.337 e. The van der Waals surface area contributed by atoms with Gasteiger partial charge >= 0.3 is 0 Å². The first-order valence-electron chi connectivity index (χ1n) is 4.85. The van der Waals surface area contributed by atoms with Crippen LogP contribution in [0.15, 0.2) is 18.7 Å². The second-order valence-corrected chi connectivity index (χ2v) is 3.67. The highest BCUT2D eigenvalue weighted by Crippen LogP contribution is 2.21. The smallest absolute Gasteiger partial charge is 0.137 e. The minimum absolute atomic E-state index is 0.239. The van der Waals surface area contributed by atoms with Crippen LogP contribution in [0.1, 0.15) is 25.7 Å². The number of carbonyl (C=O) groups is 1. The van der Waals surface area contributed by atoms with Gasteiger partial charge in [0.15, 0.2) is 0 Å². The summed E-state index contributed by atoms with van der Waals surface area (Å²) >= 11 is 0. The van der Waals surface area contributed by atoms with Crippen LogP contribution in [0, 0.1) is 5.92 Å². The summed E-state index contributed by atoms with van der Waals surface area (Å²) in [7, 11) is 0. The normalized spacial score (nSPS) is 23.4. The van der Waals surface area contributed by atoms with Gasteiger partial charge in [-0.05, 0) is 12.8 Å². The molecule has 1 aliphatic carbocycles. The molecule has 1 fully saturated rings. The Morgan fingerprint density at radius 3 is 3.15 bits per heavy atom. The van der Waals surface area contributed by atoms with Gasteiger partial charge in [-0.3, -0.25) is 4.79 Å². The minimum Gasteiger partial charge on any atom is -0.337 e. The van der Waals surface area contributed by atoms with E-state index in [1.165, 1.54) is 6.42 Å². The van der Waals surface area contributed by atoms with E-state index in [1.807, 2.05) is 10.8 Å². The lowest BCUT2D eigenvalue weighted by molar-refractivity contribution is -0.125. The molecular formula is C10H14N2O. The molecule has 0 amide bonds.